The molecule has 2 N–H and O–H groups in total. The Balaban J connectivity index is 0.00000289. The number of guanidine groups is 1. The molecule has 0 atom stereocenters. The van der Waals surface area contributed by atoms with Crippen LogP contribution < -0.4 is 20.1 Å². The molecule has 1 aliphatic rings. The molecule has 1 aromatic heterocycles. The Hall–Kier alpha value is -2.75. The van der Waals surface area contributed by atoms with Crippen LogP contribution in [0.15, 0.2) is 53.5 Å². The van der Waals surface area contributed by atoms with Gasteiger partial charge >= 0.3 is 0 Å². The maximum atomic E-state index is 5.92. The van der Waals surface area contributed by atoms with Crippen molar-refractivity contribution in [3.8, 4) is 17.2 Å². The number of hydrogen-bond acceptors (Lipinski definition) is 4. The number of halogens is 1. The van der Waals surface area contributed by atoms with Crippen LogP contribution in [0.2, 0.25) is 0 Å². The summed E-state index contributed by atoms with van der Waals surface area (Å²) < 4.78 is 13.7. The highest BCUT2D eigenvalue weighted by atomic mass is 127. The van der Waals surface area contributed by atoms with Crippen LogP contribution >= 0.6 is 24.0 Å². The van der Waals surface area contributed by atoms with Crippen LogP contribution in [-0.4, -0.2) is 36.0 Å². The monoisotopic (exact) mass is 547 g/mol. The number of aliphatic imine (C=N–C) groups is 1. The summed E-state index contributed by atoms with van der Waals surface area (Å²) in [6, 6.07) is 16.3. The van der Waals surface area contributed by atoms with Crippen molar-refractivity contribution in [3.63, 3.8) is 0 Å². The van der Waals surface area contributed by atoms with Crippen molar-refractivity contribution >= 4 is 29.9 Å². The average molecular weight is 547 g/mol. The summed E-state index contributed by atoms with van der Waals surface area (Å²) in [6.07, 6.45) is 0.888. The molecule has 0 amide bonds. The SMILES string of the molecule is CN=C(NCc1ccccc1-n1nc(C)cc1C)NCc1cccc2c1OCCCO2.I. The largest absolute Gasteiger partial charge is 0.490 e. The Morgan fingerprint density at radius 3 is 2.47 bits per heavy atom. The second-order valence-corrected chi connectivity index (χ2v) is 7.54. The number of benzene rings is 2. The summed E-state index contributed by atoms with van der Waals surface area (Å²) in [5.41, 5.74) is 5.37. The van der Waals surface area contributed by atoms with Crippen molar-refractivity contribution in [2.45, 2.75) is 33.4 Å². The first kappa shape index (κ1) is 23.9. The molecule has 3 aromatic rings. The molecule has 8 heteroatoms. The summed E-state index contributed by atoms with van der Waals surface area (Å²) in [4.78, 5) is 4.37. The number of para-hydroxylation sites is 2. The maximum absolute atomic E-state index is 5.92. The number of aryl methyl sites for hydroxylation is 2. The molecule has 0 spiro atoms. The lowest BCUT2D eigenvalue weighted by molar-refractivity contribution is 0.296. The Morgan fingerprint density at radius 2 is 1.72 bits per heavy atom. The van der Waals surface area contributed by atoms with E-state index in [0.29, 0.717) is 26.3 Å². The zero-order valence-electron chi connectivity index (χ0n) is 18.7. The third kappa shape index (κ3) is 5.53. The first-order valence-electron chi connectivity index (χ1n) is 10.6. The molecular formula is C24H30IN5O2. The van der Waals surface area contributed by atoms with Crippen LogP contribution in [0.4, 0.5) is 0 Å². The summed E-state index contributed by atoms with van der Waals surface area (Å²) in [6.45, 7) is 6.64. The predicted molar refractivity (Wildman–Crippen MR) is 138 cm³/mol. The molecule has 7 nitrogen and oxygen atoms in total. The number of rotatable bonds is 5. The van der Waals surface area contributed by atoms with E-state index in [-0.39, 0.29) is 24.0 Å². The van der Waals surface area contributed by atoms with Gasteiger partial charge in [-0.05, 0) is 37.6 Å². The minimum atomic E-state index is 0. The number of nitrogens with zero attached hydrogens (tertiary/aromatic N) is 3. The van der Waals surface area contributed by atoms with Gasteiger partial charge in [0.2, 0.25) is 0 Å². The lowest BCUT2D eigenvalue weighted by Crippen LogP contribution is -2.36. The van der Waals surface area contributed by atoms with E-state index in [1.165, 1.54) is 0 Å². The molecule has 4 rings (SSSR count). The Bertz CT molecular complexity index is 1080. The van der Waals surface area contributed by atoms with Gasteiger partial charge in [0.15, 0.2) is 17.5 Å². The molecule has 2 heterocycles. The second-order valence-electron chi connectivity index (χ2n) is 7.54. The molecule has 0 radical (unpaired) electrons. The highest BCUT2D eigenvalue weighted by Crippen LogP contribution is 2.33. The molecule has 0 aliphatic carbocycles. The third-order valence-corrected chi connectivity index (χ3v) is 5.20. The van der Waals surface area contributed by atoms with Gasteiger partial charge in [-0.15, -0.1) is 24.0 Å². The third-order valence-electron chi connectivity index (χ3n) is 5.20. The van der Waals surface area contributed by atoms with Gasteiger partial charge in [0, 0.05) is 37.8 Å². The van der Waals surface area contributed by atoms with Gasteiger partial charge in [0.1, 0.15) is 0 Å². The zero-order chi connectivity index (χ0) is 21.6. The molecule has 1 aliphatic heterocycles. The molecule has 32 heavy (non-hydrogen) atoms. The maximum Gasteiger partial charge on any atom is 0.191 e. The van der Waals surface area contributed by atoms with E-state index in [9.17, 15) is 0 Å². The lowest BCUT2D eigenvalue weighted by atomic mass is 10.1. The fourth-order valence-corrected chi connectivity index (χ4v) is 3.71. The molecule has 0 fully saturated rings. The highest BCUT2D eigenvalue weighted by Gasteiger charge is 2.15. The highest BCUT2D eigenvalue weighted by molar-refractivity contribution is 14.0. The van der Waals surface area contributed by atoms with Crippen molar-refractivity contribution < 1.29 is 9.47 Å². The standard InChI is InChI=1S/C24H29N5O2.HI/c1-17-14-18(2)29(28-17)21-10-5-4-8-19(21)15-26-24(25-3)27-16-20-9-6-11-22-23(20)31-13-7-12-30-22;/h4-6,8-11,14H,7,12-13,15-16H2,1-3H3,(H2,25,26,27);1H. The smallest absolute Gasteiger partial charge is 0.191 e. The van der Waals surface area contributed by atoms with E-state index in [0.717, 1.165) is 52.1 Å². The number of fused-ring (bicyclic) bond motifs is 1. The number of nitrogens with one attached hydrogen (secondary N) is 2. The number of ether oxygens (including phenoxy) is 2. The lowest BCUT2D eigenvalue weighted by Gasteiger charge is -2.16. The van der Waals surface area contributed by atoms with Crippen molar-refractivity contribution in [3.05, 3.63) is 71.0 Å². The first-order valence-corrected chi connectivity index (χ1v) is 10.6. The molecule has 2 aromatic carbocycles. The summed E-state index contributed by atoms with van der Waals surface area (Å²) in [5.74, 6) is 2.34. The van der Waals surface area contributed by atoms with Crippen LogP contribution in [0.25, 0.3) is 5.69 Å². The van der Waals surface area contributed by atoms with Gasteiger partial charge in [-0.1, -0.05) is 30.3 Å². The summed E-state index contributed by atoms with van der Waals surface area (Å²) >= 11 is 0. The van der Waals surface area contributed by atoms with E-state index < -0.39 is 0 Å². The van der Waals surface area contributed by atoms with Crippen LogP contribution in [0, 0.1) is 13.8 Å². The number of aromatic nitrogens is 2. The molecule has 0 saturated heterocycles. The van der Waals surface area contributed by atoms with Crippen LogP contribution in [0.1, 0.15) is 28.9 Å². The van der Waals surface area contributed by atoms with E-state index in [1.54, 1.807) is 7.05 Å². The fraction of sp³-hybridized carbons (Fsp3) is 0.333. The molecular weight excluding hydrogens is 517 g/mol. The van der Waals surface area contributed by atoms with Crippen LogP contribution in [0.5, 0.6) is 11.5 Å². The summed E-state index contributed by atoms with van der Waals surface area (Å²) in [5, 5.41) is 11.4. The van der Waals surface area contributed by atoms with E-state index in [2.05, 4.69) is 45.8 Å². The zero-order valence-corrected chi connectivity index (χ0v) is 21.1. The Kier molecular flexibility index (Phi) is 8.38. The average Bonchev–Trinajstić information content (AvgIpc) is 2.97. The van der Waals surface area contributed by atoms with Crippen molar-refractivity contribution in [2.24, 2.45) is 4.99 Å². The van der Waals surface area contributed by atoms with Gasteiger partial charge in [0.05, 0.1) is 24.6 Å². The quantitative estimate of drug-likeness (QED) is 0.286. The summed E-state index contributed by atoms with van der Waals surface area (Å²) in [7, 11) is 1.77. The van der Waals surface area contributed by atoms with Crippen molar-refractivity contribution in [2.75, 3.05) is 20.3 Å². The van der Waals surface area contributed by atoms with E-state index >= 15 is 0 Å². The fourth-order valence-electron chi connectivity index (χ4n) is 3.71. The van der Waals surface area contributed by atoms with Gasteiger partial charge < -0.3 is 20.1 Å². The van der Waals surface area contributed by atoms with Crippen LogP contribution in [0.3, 0.4) is 0 Å². The van der Waals surface area contributed by atoms with Crippen LogP contribution in [-0.2, 0) is 13.1 Å². The van der Waals surface area contributed by atoms with Crippen molar-refractivity contribution in [1.29, 1.82) is 0 Å². The minimum absolute atomic E-state index is 0. The molecule has 0 bridgehead atoms. The Labute approximate surface area is 206 Å². The molecule has 170 valence electrons. The molecule has 0 unspecified atom stereocenters. The first-order chi connectivity index (χ1) is 15.2. The number of hydrogen-bond donors (Lipinski definition) is 2. The van der Waals surface area contributed by atoms with Gasteiger partial charge in [0.25, 0.3) is 0 Å². The van der Waals surface area contributed by atoms with Gasteiger partial charge in [-0.3, -0.25) is 4.99 Å². The topological polar surface area (TPSA) is 72.7 Å². The minimum Gasteiger partial charge on any atom is -0.490 e. The van der Waals surface area contributed by atoms with Gasteiger partial charge in [-0.2, -0.15) is 5.10 Å². The molecule has 0 saturated carbocycles. The Morgan fingerprint density at radius 1 is 1.00 bits per heavy atom. The van der Waals surface area contributed by atoms with Gasteiger partial charge in [-0.25, -0.2) is 4.68 Å². The van der Waals surface area contributed by atoms with Crippen molar-refractivity contribution in [1.82, 2.24) is 20.4 Å². The second kappa shape index (κ2) is 11.2. The van der Waals surface area contributed by atoms with E-state index in [1.807, 2.05) is 41.9 Å². The normalized spacial score (nSPS) is 13.2. The van der Waals surface area contributed by atoms with E-state index in [4.69, 9.17) is 9.47 Å². The predicted octanol–water partition coefficient (Wildman–Crippen LogP) is 4.13.